The van der Waals surface area contributed by atoms with E-state index in [2.05, 4.69) is 15.5 Å². The predicted octanol–water partition coefficient (Wildman–Crippen LogP) is 1.57. The van der Waals surface area contributed by atoms with E-state index in [4.69, 9.17) is 22.1 Å². The molecule has 0 bridgehead atoms. The molecule has 0 aliphatic carbocycles. The van der Waals surface area contributed by atoms with Gasteiger partial charge in [0.15, 0.2) is 5.65 Å². The number of thiocarbonyl (C=S) groups is 1. The number of pyridine rings is 1. The van der Waals surface area contributed by atoms with Gasteiger partial charge in [-0.05, 0) is 34.7 Å². The lowest BCUT2D eigenvalue weighted by atomic mass is 10.1. The van der Waals surface area contributed by atoms with E-state index in [-0.39, 0.29) is 4.32 Å². The van der Waals surface area contributed by atoms with Crippen molar-refractivity contribution in [2.24, 2.45) is 0 Å². The molecular formula is C16H11N5O4S2. The van der Waals surface area contributed by atoms with Crippen molar-refractivity contribution in [2.45, 2.75) is 0 Å². The first-order valence-electron chi connectivity index (χ1n) is 7.64. The van der Waals surface area contributed by atoms with Gasteiger partial charge in [0, 0.05) is 17.0 Å². The Labute approximate surface area is 161 Å². The van der Waals surface area contributed by atoms with Crippen molar-refractivity contribution in [1.29, 1.82) is 0 Å². The fourth-order valence-electron chi connectivity index (χ4n) is 2.74. The monoisotopic (exact) mass is 401 g/mol. The van der Waals surface area contributed by atoms with Crippen molar-refractivity contribution in [1.82, 2.24) is 24.9 Å². The van der Waals surface area contributed by atoms with Crippen LogP contribution in [0.25, 0.3) is 22.6 Å². The number of thioether (sulfide) groups is 1. The van der Waals surface area contributed by atoms with Crippen LogP contribution in [0.4, 0.5) is 0 Å². The third-order valence-electron chi connectivity index (χ3n) is 3.96. The van der Waals surface area contributed by atoms with Crippen LogP contribution in [0, 0.1) is 0 Å². The molecule has 1 saturated heterocycles. The minimum Gasteiger partial charge on any atom is -0.497 e. The predicted molar refractivity (Wildman–Crippen MR) is 102 cm³/mol. The zero-order valence-electron chi connectivity index (χ0n) is 13.8. The Morgan fingerprint density at radius 3 is 2.96 bits per heavy atom. The quantitative estimate of drug-likeness (QED) is 0.514. The maximum absolute atomic E-state index is 12.5. The molecule has 0 spiro atoms. The number of benzene rings is 1. The van der Waals surface area contributed by atoms with Gasteiger partial charge in [-0.15, -0.1) is 5.10 Å². The summed E-state index contributed by atoms with van der Waals surface area (Å²) in [5, 5.41) is 21.5. The van der Waals surface area contributed by atoms with Crippen molar-refractivity contribution >= 4 is 62.8 Å². The summed E-state index contributed by atoms with van der Waals surface area (Å²) in [5.41, 5.74) is 1.83. The topological polar surface area (TPSA) is 110 Å². The van der Waals surface area contributed by atoms with E-state index in [0.717, 1.165) is 27.6 Å². The van der Waals surface area contributed by atoms with E-state index in [1.54, 1.807) is 17.7 Å². The van der Waals surface area contributed by atoms with Crippen LogP contribution in [-0.4, -0.2) is 59.9 Å². The maximum atomic E-state index is 12.5. The maximum Gasteiger partial charge on any atom is 0.323 e. The van der Waals surface area contributed by atoms with Crippen LogP contribution in [0.3, 0.4) is 0 Å². The van der Waals surface area contributed by atoms with Gasteiger partial charge in [-0.2, -0.15) is 4.52 Å². The first-order valence-corrected chi connectivity index (χ1v) is 8.86. The number of ether oxygens (including phenoxy) is 1. The van der Waals surface area contributed by atoms with Crippen LogP contribution < -0.4 is 4.74 Å². The van der Waals surface area contributed by atoms with Crippen LogP contribution in [-0.2, 0) is 9.59 Å². The van der Waals surface area contributed by atoms with Crippen LogP contribution in [0.5, 0.6) is 5.75 Å². The first-order chi connectivity index (χ1) is 13.0. The number of aromatic nitrogens is 4. The Balaban J connectivity index is 1.83. The summed E-state index contributed by atoms with van der Waals surface area (Å²) < 4.78 is 7.01. The van der Waals surface area contributed by atoms with Crippen molar-refractivity contribution < 1.29 is 19.4 Å². The highest BCUT2D eigenvalue weighted by Gasteiger charge is 2.33. The largest absolute Gasteiger partial charge is 0.497 e. The third kappa shape index (κ3) is 3.00. The van der Waals surface area contributed by atoms with Crippen LogP contribution in [0.1, 0.15) is 5.56 Å². The number of hydrogen-bond acceptors (Lipinski definition) is 8. The van der Waals surface area contributed by atoms with Gasteiger partial charge in [0.05, 0.1) is 17.5 Å². The molecule has 3 aromatic rings. The number of hydrogen-bond donors (Lipinski definition) is 1. The highest BCUT2D eigenvalue weighted by atomic mass is 32.2. The highest BCUT2D eigenvalue weighted by molar-refractivity contribution is 8.26. The Kier molecular flexibility index (Phi) is 4.24. The molecule has 136 valence electrons. The van der Waals surface area contributed by atoms with E-state index >= 15 is 0 Å². The number of rotatable bonds is 4. The fraction of sp³-hybridized carbons (Fsp3) is 0.125. The molecule has 1 aromatic carbocycles. The summed E-state index contributed by atoms with van der Waals surface area (Å²) in [6.45, 7) is -0.471. The lowest BCUT2D eigenvalue weighted by molar-refractivity contribution is -0.140. The van der Waals surface area contributed by atoms with Gasteiger partial charge in [-0.25, -0.2) is 0 Å². The first kappa shape index (κ1) is 17.4. The van der Waals surface area contributed by atoms with E-state index in [1.807, 2.05) is 24.3 Å². The van der Waals surface area contributed by atoms with Gasteiger partial charge in [-0.3, -0.25) is 14.5 Å². The molecule has 4 rings (SSSR count). The number of carbonyl (C=O) groups excluding carboxylic acids is 1. The summed E-state index contributed by atoms with van der Waals surface area (Å²) >= 11 is 6.17. The Morgan fingerprint density at radius 1 is 1.41 bits per heavy atom. The van der Waals surface area contributed by atoms with Gasteiger partial charge in [-0.1, -0.05) is 24.0 Å². The van der Waals surface area contributed by atoms with Crippen molar-refractivity contribution in [3.63, 3.8) is 0 Å². The Hall–Kier alpha value is -3.05. The van der Waals surface area contributed by atoms with Crippen molar-refractivity contribution in [3.05, 3.63) is 34.7 Å². The second kappa shape index (κ2) is 6.59. The fourth-order valence-corrected chi connectivity index (χ4v) is 3.98. The highest BCUT2D eigenvalue weighted by Crippen LogP contribution is 2.33. The molecular weight excluding hydrogens is 390 g/mol. The summed E-state index contributed by atoms with van der Waals surface area (Å²) in [4.78, 5) is 24.8. The molecule has 0 saturated carbocycles. The zero-order chi connectivity index (χ0) is 19.1. The van der Waals surface area contributed by atoms with Gasteiger partial charge < -0.3 is 9.84 Å². The Morgan fingerprint density at radius 2 is 2.22 bits per heavy atom. The molecule has 27 heavy (non-hydrogen) atoms. The van der Waals surface area contributed by atoms with E-state index in [1.165, 1.54) is 0 Å². The van der Waals surface area contributed by atoms with E-state index < -0.39 is 18.4 Å². The number of fused-ring (bicyclic) bond motifs is 3. The molecule has 1 N–H and O–H groups in total. The summed E-state index contributed by atoms with van der Waals surface area (Å²) in [5.74, 6) is -0.911. The normalized spacial score (nSPS) is 16.0. The number of carbonyl (C=O) groups is 2. The van der Waals surface area contributed by atoms with Gasteiger partial charge >= 0.3 is 5.97 Å². The second-order valence-electron chi connectivity index (χ2n) is 5.60. The molecule has 11 heteroatoms. The lowest BCUT2D eigenvalue weighted by Gasteiger charge is -2.10. The number of tetrazole rings is 1. The zero-order valence-corrected chi connectivity index (χ0v) is 15.5. The van der Waals surface area contributed by atoms with Crippen molar-refractivity contribution in [3.8, 4) is 5.75 Å². The smallest absolute Gasteiger partial charge is 0.323 e. The molecule has 2 aromatic heterocycles. The minimum absolute atomic E-state index is 0.204. The van der Waals surface area contributed by atoms with Gasteiger partial charge in [0.2, 0.25) is 0 Å². The molecule has 1 amide bonds. The molecule has 0 radical (unpaired) electrons. The van der Waals surface area contributed by atoms with Gasteiger partial charge in [0.1, 0.15) is 16.6 Å². The number of aliphatic carboxylic acids is 1. The number of amides is 1. The summed E-state index contributed by atoms with van der Waals surface area (Å²) in [6.07, 6.45) is 1.62. The van der Waals surface area contributed by atoms with Crippen LogP contribution in [0.2, 0.25) is 0 Å². The average molecular weight is 401 g/mol. The molecule has 9 nitrogen and oxygen atoms in total. The number of carboxylic acids is 1. The SMILES string of the molecule is COc1ccc2cc(/C=C3\SC(=S)N(CC(=O)O)C3=O)c3nnnn3c2c1. The average Bonchev–Trinajstić information content (AvgIpc) is 3.23. The molecule has 1 aliphatic rings. The standard InChI is InChI=1S/C16H11N5O4S2/c1-25-10-3-2-8-4-9(14-17-18-19-21(14)11(8)6-10)5-12-15(24)20(7-13(22)23)16(26)27-12/h2-6H,7H2,1H3,(H,22,23)/b12-5-. The summed E-state index contributed by atoms with van der Waals surface area (Å²) in [6, 6.07) is 7.34. The number of nitrogens with zero attached hydrogens (tertiary/aromatic N) is 5. The van der Waals surface area contributed by atoms with Crippen LogP contribution >= 0.6 is 24.0 Å². The minimum atomic E-state index is -1.13. The number of carboxylic acid groups (broad SMARTS) is 1. The van der Waals surface area contributed by atoms with Crippen molar-refractivity contribution in [2.75, 3.05) is 13.7 Å². The second-order valence-corrected chi connectivity index (χ2v) is 7.28. The molecule has 3 heterocycles. The number of methoxy groups -OCH3 is 1. The lowest BCUT2D eigenvalue weighted by Crippen LogP contribution is -2.33. The molecule has 0 unspecified atom stereocenters. The van der Waals surface area contributed by atoms with E-state index in [0.29, 0.717) is 21.9 Å². The molecule has 1 fully saturated rings. The summed E-state index contributed by atoms with van der Waals surface area (Å²) in [7, 11) is 1.57. The van der Waals surface area contributed by atoms with Crippen LogP contribution in [0.15, 0.2) is 29.2 Å². The Bertz CT molecular complexity index is 1160. The van der Waals surface area contributed by atoms with Gasteiger partial charge in [0.25, 0.3) is 5.91 Å². The van der Waals surface area contributed by atoms with E-state index in [9.17, 15) is 9.59 Å². The third-order valence-corrected chi connectivity index (χ3v) is 5.34. The molecule has 0 atom stereocenters. The molecule has 1 aliphatic heterocycles.